The zero-order valence-electron chi connectivity index (χ0n) is 18.1. The third-order valence-electron chi connectivity index (χ3n) is 6.67. The molecule has 2 fully saturated rings. The minimum Gasteiger partial charge on any atom is -0.494 e. The van der Waals surface area contributed by atoms with Crippen molar-refractivity contribution in [1.29, 1.82) is 0 Å². The number of thiophene rings is 1. The zero-order chi connectivity index (χ0) is 20.1. The SMILES string of the molecule is CCCC1CCC(/C=C/C2CCC(c3cc4ccc(OCC)cc4s3)CC2)CO1. The van der Waals surface area contributed by atoms with Crippen LogP contribution in [-0.4, -0.2) is 19.3 Å². The van der Waals surface area contributed by atoms with E-state index >= 15 is 0 Å². The first-order valence-corrected chi connectivity index (χ1v) is 12.5. The molecule has 3 heteroatoms. The first-order chi connectivity index (χ1) is 14.2. The van der Waals surface area contributed by atoms with E-state index in [4.69, 9.17) is 9.47 Å². The summed E-state index contributed by atoms with van der Waals surface area (Å²) in [5.74, 6) is 3.14. The van der Waals surface area contributed by atoms with Crippen LogP contribution in [0.15, 0.2) is 36.4 Å². The van der Waals surface area contributed by atoms with Gasteiger partial charge in [0.2, 0.25) is 0 Å². The van der Waals surface area contributed by atoms with Crippen LogP contribution in [0.1, 0.15) is 76.0 Å². The number of rotatable bonds is 7. The van der Waals surface area contributed by atoms with Crippen molar-refractivity contribution in [2.45, 2.75) is 77.2 Å². The minimum atomic E-state index is 0.519. The van der Waals surface area contributed by atoms with Gasteiger partial charge in [-0.3, -0.25) is 0 Å². The fourth-order valence-corrected chi connectivity index (χ4v) is 6.19. The van der Waals surface area contributed by atoms with Gasteiger partial charge >= 0.3 is 0 Å². The van der Waals surface area contributed by atoms with Crippen molar-refractivity contribution >= 4 is 21.4 Å². The van der Waals surface area contributed by atoms with Gasteiger partial charge in [0.05, 0.1) is 19.3 Å². The van der Waals surface area contributed by atoms with Crippen LogP contribution in [0.5, 0.6) is 5.75 Å². The Morgan fingerprint density at radius 1 is 1.00 bits per heavy atom. The topological polar surface area (TPSA) is 18.5 Å². The van der Waals surface area contributed by atoms with E-state index in [1.54, 1.807) is 4.88 Å². The predicted octanol–water partition coefficient (Wildman–Crippen LogP) is 7.73. The molecule has 1 saturated heterocycles. The average molecular weight is 413 g/mol. The van der Waals surface area contributed by atoms with Gasteiger partial charge in [-0.15, -0.1) is 11.3 Å². The van der Waals surface area contributed by atoms with Crippen LogP contribution < -0.4 is 4.74 Å². The van der Waals surface area contributed by atoms with E-state index in [0.717, 1.165) is 30.8 Å². The molecule has 4 rings (SSSR count). The smallest absolute Gasteiger partial charge is 0.120 e. The lowest BCUT2D eigenvalue weighted by atomic mass is 9.80. The standard InChI is InChI=1S/C26H36O2S/c1-3-5-23-14-10-20(18-28-23)7-6-19-8-11-21(12-9-19)25-16-22-13-15-24(27-4-2)17-26(22)29-25/h6-7,13,15-17,19-21,23H,3-5,8-12,14,18H2,1-2H3/b7-6+. The molecular formula is C26H36O2S. The Hall–Kier alpha value is -1.32. The van der Waals surface area contributed by atoms with Crippen LogP contribution in [0.3, 0.4) is 0 Å². The molecule has 2 aromatic rings. The van der Waals surface area contributed by atoms with Crippen LogP contribution in [0.4, 0.5) is 0 Å². The molecule has 2 unspecified atom stereocenters. The second kappa shape index (κ2) is 10.1. The quantitative estimate of drug-likeness (QED) is 0.433. The van der Waals surface area contributed by atoms with Crippen molar-refractivity contribution in [3.8, 4) is 5.75 Å². The number of hydrogen-bond donors (Lipinski definition) is 0. The Bertz CT molecular complexity index is 792. The molecule has 1 aromatic carbocycles. The molecule has 0 amide bonds. The molecule has 2 heterocycles. The summed E-state index contributed by atoms with van der Waals surface area (Å²) in [5.41, 5.74) is 0. The number of hydrogen-bond acceptors (Lipinski definition) is 3. The molecule has 1 saturated carbocycles. The van der Waals surface area contributed by atoms with E-state index in [2.05, 4.69) is 43.3 Å². The monoisotopic (exact) mass is 412 g/mol. The Balaban J connectivity index is 1.28. The first-order valence-electron chi connectivity index (χ1n) is 11.7. The summed E-state index contributed by atoms with van der Waals surface area (Å²) < 4.78 is 13.1. The lowest BCUT2D eigenvalue weighted by Crippen LogP contribution is -2.24. The van der Waals surface area contributed by atoms with Gasteiger partial charge in [0, 0.05) is 15.5 Å². The van der Waals surface area contributed by atoms with Crippen molar-refractivity contribution in [2.24, 2.45) is 11.8 Å². The molecule has 1 aliphatic carbocycles. The molecule has 0 bridgehead atoms. The lowest BCUT2D eigenvalue weighted by molar-refractivity contribution is -0.00852. The number of allylic oxidation sites excluding steroid dienone is 1. The van der Waals surface area contributed by atoms with Gasteiger partial charge in [0.25, 0.3) is 0 Å². The molecule has 1 aromatic heterocycles. The fourth-order valence-electron chi connectivity index (χ4n) is 4.93. The summed E-state index contributed by atoms with van der Waals surface area (Å²) >= 11 is 1.97. The number of benzene rings is 1. The molecule has 0 radical (unpaired) electrons. The largest absolute Gasteiger partial charge is 0.494 e. The average Bonchev–Trinajstić information content (AvgIpc) is 3.18. The van der Waals surface area contributed by atoms with E-state index in [1.807, 2.05) is 18.3 Å². The van der Waals surface area contributed by atoms with Gasteiger partial charge in [0.1, 0.15) is 5.75 Å². The molecule has 2 atom stereocenters. The van der Waals surface area contributed by atoms with Crippen LogP contribution in [-0.2, 0) is 4.74 Å². The van der Waals surface area contributed by atoms with E-state index in [0.29, 0.717) is 12.0 Å². The maximum absolute atomic E-state index is 6.04. The van der Waals surface area contributed by atoms with Gasteiger partial charge < -0.3 is 9.47 Å². The second-order valence-electron chi connectivity index (χ2n) is 8.86. The van der Waals surface area contributed by atoms with Gasteiger partial charge in [-0.2, -0.15) is 0 Å². The van der Waals surface area contributed by atoms with Gasteiger partial charge in [-0.25, -0.2) is 0 Å². The highest BCUT2D eigenvalue weighted by atomic mass is 32.1. The maximum atomic E-state index is 6.04. The van der Waals surface area contributed by atoms with Crippen molar-refractivity contribution in [3.63, 3.8) is 0 Å². The van der Waals surface area contributed by atoms with Gasteiger partial charge in [0.15, 0.2) is 0 Å². The number of ether oxygens (including phenoxy) is 2. The fraction of sp³-hybridized carbons (Fsp3) is 0.615. The molecule has 0 N–H and O–H groups in total. The Labute approximate surface area is 180 Å². The molecule has 0 spiro atoms. The van der Waals surface area contributed by atoms with Gasteiger partial charge in [-0.1, -0.05) is 25.5 Å². The molecule has 1 aliphatic heterocycles. The molecule has 29 heavy (non-hydrogen) atoms. The van der Waals surface area contributed by atoms with E-state index in [-0.39, 0.29) is 0 Å². The molecule has 2 aliphatic rings. The van der Waals surface area contributed by atoms with E-state index in [9.17, 15) is 0 Å². The van der Waals surface area contributed by atoms with Crippen molar-refractivity contribution in [2.75, 3.05) is 13.2 Å². The maximum Gasteiger partial charge on any atom is 0.120 e. The third kappa shape index (κ3) is 5.44. The third-order valence-corrected chi connectivity index (χ3v) is 7.93. The normalized spacial score (nSPS) is 28.2. The van der Waals surface area contributed by atoms with E-state index < -0.39 is 0 Å². The van der Waals surface area contributed by atoms with Crippen LogP contribution in [0, 0.1) is 11.8 Å². The molecule has 158 valence electrons. The summed E-state index contributed by atoms with van der Waals surface area (Å²) in [4.78, 5) is 1.57. The summed E-state index contributed by atoms with van der Waals surface area (Å²) in [5, 5.41) is 1.37. The summed E-state index contributed by atoms with van der Waals surface area (Å²) in [6.07, 6.45) is 15.8. The minimum absolute atomic E-state index is 0.519. The Morgan fingerprint density at radius 3 is 2.52 bits per heavy atom. The molecule has 2 nitrogen and oxygen atoms in total. The summed E-state index contributed by atoms with van der Waals surface area (Å²) in [7, 11) is 0. The second-order valence-corrected chi connectivity index (χ2v) is 9.97. The van der Waals surface area contributed by atoms with Crippen LogP contribution >= 0.6 is 11.3 Å². The Morgan fingerprint density at radius 2 is 1.79 bits per heavy atom. The van der Waals surface area contributed by atoms with Crippen molar-refractivity contribution in [1.82, 2.24) is 0 Å². The highest BCUT2D eigenvalue weighted by Crippen LogP contribution is 2.41. The summed E-state index contributed by atoms with van der Waals surface area (Å²) in [6.45, 7) is 5.96. The van der Waals surface area contributed by atoms with Gasteiger partial charge in [-0.05, 0) is 93.4 Å². The lowest BCUT2D eigenvalue weighted by Gasteiger charge is -2.29. The predicted molar refractivity (Wildman–Crippen MR) is 124 cm³/mol. The molecular weight excluding hydrogens is 376 g/mol. The highest BCUT2D eigenvalue weighted by Gasteiger charge is 2.24. The zero-order valence-corrected chi connectivity index (χ0v) is 18.9. The first kappa shape index (κ1) is 20.9. The van der Waals surface area contributed by atoms with Crippen LogP contribution in [0.2, 0.25) is 0 Å². The number of fused-ring (bicyclic) bond motifs is 1. The summed E-state index contributed by atoms with van der Waals surface area (Å²) in [6, 6.07) is 8.94. The highest BCUT2D eigenvalue weighted by molar-refractivity contribution is 7.19. The van der Waals surface area contributed by atoms with E-state index in [1.165, 1.54) is 61.5 Å². The van der Waals surface area contributed by atoms with Crippen molar-refractivity contribution < 1.29 is 9.47 Å². The van der Waals surface area contributed by atoms with Crippen molar-refractivity contribution in [3.05, 3.63) is 41.3 Å². The van der Waals surface area contributed by atoms with Crippen LogP contribution in [0.25, 0.3) is 10.1 Å². The Kier molecular flexibility index (Phi) is 7.31.